The lowest BCUT2D eigenvalue weighted by atomic mass is 9.89. The summed E-state index contributed by atoms with van der Waals surface area (Å²) in [6.45, 7) is 9.36. The molecule has 0 aliphatic heterocycles. The van der Waals surface area contributed by atoms with Crippen molar-refractivity contribution >= 4 is 23.5 Å². The summed E-state index contributed by atoms with van der Waals surface area (Å²) in [5.41, 5.74) is 0. The molecule has 0 nitrogen and oxygen atoms in total. The number of thioether (sulfide) groups is 2. The van der Waals surface area contributed by atoms with Gasteiger partial charge in [0.25, 0.3) is 0 Å². The van der Waals surface area contributed by atoms with Crippen molar-refractivity contribution in [3.63, 3.8) is 0 Å². The van der Waals surface area contributed by atoms with Crippen LogP contribution < -0.4 is 0 Å². The van der Waals surface area contributed by atoms with E-state index < -0.39 is 0 Å². The van der Waals surface area contributed by atoms with E-state index in [2.05, 4.69) is 40.2 Å². The molecular formula is C10H22S2. The number of rotatable bonds is 5. The maximum atomic E-state index is 2.39. The lowest BCUT2D eigenvalue weighted by Crippen LogP contribution is -2.43. The van der Waals surface area contributed by atoms with Gasteiger partial charge in [0, 0.05) is 9.49 Å². The van der Waals surface area contributed by atoms with Crippen LogP contribution in [0.1, 0.15) is 40.5 Å². The highest BCUT2D eigenvalue weighted by atomic mass is 32.2. The summed E-state index contributed by atoms with van der Waals surface area (Å²) < 4.78 is 0.836. The van der Waals surface area contributed by atoms with Crippen molar-refractivity contribution in [2.75, 3.05) is 12.5 Å². The summed E-state index contributed by atoms with van der Waals surface area (Å²) in [6, 6.07) is 0. The Morgan fingerprint density at radius 1 is 0.833 bits per heavy atom. The maximum absolute atomic E-state index is 2.39. The predicted molar refractivity (Wildman–Crippen MR) is 64.4 cm³/mol. The standard InChI is InChI=1S/C10H22S2/c1-7-9(3,11-5)10(4,8-2)12-6/h7-8H2,1-6H3. The monoisotopic (exact) mass is 206 g/mol. The highest BCUT2D eigenvalue weighted by Crippen LogP contribution is 2.46. The van der Waals surface area contributed by atoms with Crippen molar-refractivity contribution in [3.8, 4) is 0 Å². The van der Waals surface area contributed by atoms with E-state index in [1.54, 1.807) is 0 Å². The Kier molecular flexibility index (Phi) is 5.08. The van der Waals surface area contributed by atoms with E-state index >= 15 is 0 Å². The first kappa shape index (κ1) is 12.7. The van der Waals surface area contributed by atoms with Gasteiger partial charge in [0.15, 0.2) is 0 Å². The molecule has 0 aromatic heterocycles. The molecule has 2 atom stereocenters. The summed E-state index contributed by atoms with van der Waals surface area (Å²) in [7, 11) is 0. The van der Waals surface area contributed by atoms with E-state index in [0.717, 1.165) is 0 Å². The zero-order valence-electron chi connectivity index (χ0n) is 9.23. The van der Waals surface area contributed by atoms with Gasteiger partial charge < -0.3 is 0 Å². The minimum Gasteiger partial charge on any atom is -0.157 e. The van der Waals surface area contributed by atoms with E-state index in [0.29, 0.717) is 9.49 Å². The Hall–Kier alpha value is 0.700. The second-order valence-corrected chi connectivity index (χ2v) is 6.20. The van der Waals surface area contributed by atoms with Gasteiger partial charge in [-0.1, -0.05) is 13.8 Å². The van der Waals surface area contributed by atoms with Crippen LogP contribution in [0.25, 0.3) is 0 Å². The Balaban J connectivity index is 4.66. The minimum atomic E-state index is 0.418. The van der Waals surface area contributed by atoms with Gasteiger partial charge in [-0.25, -0.2) is 0 Å². The molecule has 0 bridgehead atoms. The van der Waals surface area contributed by atoms with E-state index in [4.69, 9.17) is 0 Å². The van der Waals surface area contributed by atoms with Crippen molar-refractivity contribution in [1.82, 2.24) is 0 Å². The molecule has 0 radical (unpaired) electrons. The molecule has 0 spiro atoms. The first-order valence-electron chi connectivity index (χ1n) is 4.60. The van der Waals surface area contributed by atoms with Gasteiger partial charge in [-0.3, -0.25) is 0 Å². The molecule has 0 heterocycles. The SMILES string of the molecule is CCC(C)(SC)C(C)(CC)SC. The number of hydrogen-bond donors (Lipinski definition) is 0. The third-order valence-electron chi connectivity index (χ3n) is 3.37. The Morgan fingerprint density at radius 3 is 1.17 bits per heavy atom. The fraction of sp³-hybridized carbons (Fsp3) is 1.00. The van der Waals surface area contributed by atoms with Gasteiger partial charge in [-0.15, -0.1) is 0 Å². The van der Waals surface area contributed by atoms with Crippen molar-refractivity contribution in [1.29, 1.82) is 0 Å². The molecule has 0 saturated heterocycles. The van der Waals surface area contributed by atoms with E-state index in [-0.39, 0.29) is 0 Å². The van der Waals surface area contributed by atoms with Crippen LogP contribution in [0.15, 0.2) is 0 Å². The average molecular weight is 206 g/mol. The average Bonchev–Trinajstić information content (AvgIpc) is 2.15. The molecule has 0 aromatic rings. The predicted octanol–water partition coefficient (Wildman–Crippen LogP) is 4.05. The van der Waals surface area contributed by atoms with Gasteiger partial charge in [0.05, 0.1) is 0 Å². The summed E-state index contributed by atoms with van der Waals surface area (Å²) in [4.78, 5) is 0. The molecule has 0 fully saturated rings. The van der Waals surface area contributed by atoms with Crippen molar-refractivity contribution in [2.45, 2.75) is 50.0 Å². The molecule has 12 heavy (non-hydrogen) atoms. The van der Waals surface area contributed by atoms with Crippen LogP contribution in [-0.4, -0.2) is 22.0 Å². The van der Waals surface area contributed by atoms with Gasteiger partial charge in [0.2, 0.25) is 0 Å². The van der Waals surface area contributed by atoms with E-state index in [9.17, 15) is 0 Å². The third-order valence-corrected chi connectivity index (χ3v) is 6.78. The lowest BCUT2D eigenvalue weighted by molar-refractivity contribution is 0.455. The van der Waals surface area contributed by atoms with Crippen LogP contribution in [0.3, 0.4) is 0 Å². The fourth-order valence-corrected chi connectivity index (χ4v) is 3.70. The smallest absolute Gasteiger partial charge is 0.0270 e. The van der Waals surface area contributed by atoms with Crippen molar-refractivity contribution in [2.24, 2.45) is 0 Å². The molecule has 0 aromatic carbocycles. The maximum Gasteiger partial charge on any atom is 0.0270 e. The first-order chi connectivity index (χ1) is 5.49. The van der Waals surface area contributed by atoms with Crippen LogP contribution in [0.2, 0.25) is 0 Å². The largest absolute Gasteiger partial charge is 0.157 e. The summed E-state index contributed by atoms with van der Waals surface area (Å²) in [5.74, 6) is 0. The topological polar surface area (TPSA) is 0 Å². The van der Waals surface area contributed by atoms with Crippen LogP contribution in [0.4, 0.5) is 0 Å². The fourth-order valence-electron chi connectivity index (χ4n) is 1.47. The third kappa shape index (κ3) is 2.14. The molecule has 0 amide bonds. The molecule has 2 heteroatoms. The molecule has 0 saturated carbocycles. The molecule has 0 N–H and O–H groups in total. The van der Waals surface area contributed by atoms with Gasteiger partial charge in [0.1, 0.15) is 0 Å². The highest BCUT2D eigenvalue weighted by molar-refractivity contribution is 8.04. The molecule has 2 unspecified atom stereocenters. The van der Waals surface area contributed by atoms with Gasteiger partial charge in [-0.2, -0.15) is 23.5 Å². The van der Waals surface area contributed by atoms with Gasteiger partial charge >= 0.3 is 0 Å². The van der Waals surface area contributed by atoms with Crippen LogP contribution in [-0.2, 0) is 0 Å². The summed E-state index contributed by atoms with van der Waals surface area (Å²) in [5, 5.41) is 0. The molecule has 74 valence electrons. The second-order valence-electron chi connectivity index (χ2n) is 3.58. The van der Waals surface area contributed by atoms with Gasteiger partial charge in [-0.05, 0) is 39.2 Å². The lowest BCUT2D eigenvalue weighted by Gasteiger charge is -2.43. The molecule has 0 aliphatic rings. The molecule has 0 aliphatic carbocycles. The van der Waals surface area contributed by atoms with Crippen LogP contribution in [0, 0.1) is 0 Å². The zero-order chi connectivity index (χ0) is 9.83. The highest BCUT2D eigenvalue weighted by Gasteiger charge is 2.40. The number of hydrogen-bond acceptors (Lipinski definition) is 2. The first-order valence-corrected chi connectivity index (χ1v) is 7.05. The summed E-state index contributed by atoms with van der Waals surface area (Å²) >= 11 is 4.01. The Labute approximate surface area is 86.3 Å². The molecular weight excluding hydrogens is 184 g/mol. The Bertz CT molecular complexity index is 108. The normalized spacial score (nSPS) is 21.5. The van der Waals surface area contributed by atoms with Crippen molar-refractivity contribution < 1.29 is 0 Å². The van der Waals surface area contributed by atoms with E-state index in [1.807, 2.05) is 23.5 Å². The molecule has 0 rings (SSSR count). The van der Waals surface area contributed by atoms with E-state index in [1.165, 1.54) is 12.8 Å². The van der Waals surface area contributed by atoms with Crippen LogP contribution >= 0.6 is 23.5 Å². The zero-order valence-corrected chi connectivity index (χ0v) is 10.9. The van der Waals surface area contributed by atoms with Crippen LogP contribution in [0.5, 0.6) is 0 Å². The quantitative estimate of drug-likeness (QED) is 0.665. The van der Waals surface area contributed by atoms with Crippen molar-refractivity contribution in [3.05, 3.63) is 0 Å². The second kappa shape index (κ2) is 4.80. The summed E-state index contributed by atoms with van der Waals surface area (Å²) in [6.07, 6.45) is 6.96. The minimum absolute atomic E-state index is 0.418. The Morgan fingerprint density at radius 2 is 1.08 bits per heavy atom.